The van der Waals surface area contributed by atoms with Crippen LogP contribution < -0.4 is 9.47 Å². The second kappa shape index (κ2) is 8.28. The number of nitrogens with zero attached hydrogens (tertiary/aromatic N) is 2. The molecule has 0 atom stereocenters. The van der Waals surface area contributed by atoms with Gasteiger partial charge >= 0.3 is 0 Å². The first kappa shape index (κ1) is 19.0. The average molecular weight is 426 g/mol. The summed E-state index contributed by atoms with van der Waals surface area (Å²) in [6.45, 7) is 6.94. The molecule has 0 aliphatic heterocycles. The van der Waals surface area contributed by atoms with E-state index >= 15 is 0 Å². The molecule has 1 aromatic heterocycles. The molecule has 0 bridgehead atoms. The van der Waals surface area contributed by atoms with Crippen LogP contribution in [0.15, 0.2) is 34.8 Å². The second-order valence-corrected chi connectivity index (χ2v) is 6.82. The Balaban J connectivity index is 2.08. The Hall–Kier alpha value is -2.78. The number of hydrogen-bond donors (Lipinski definition) is 1. The summed E-state index contributed by atoms with van der Waals surface area (Å²) in [5.74, 6) is 1.89. The van der Waals surface area contributed by atoms with Gasteiger partial charge in [0.25, 0.3) is 0 Å². The van der Waals surface area contributed by atoms with Gasteiger partial charge in [0.15, 0.2) is 0 Å². The largest absolute Gasteiger partial charge is 0.493 e. The van der Waals surface area contributed by atoms with E-state index in [9.17, 15) is 5.26 Å². The molecule has 0 fully saturated rings. The van der Waals surface area contributed by atoms with Crippen LogP contribution in [0.5, 0.6) is 11.5 Å². The number of benzene rings is 2. The molecule has 0 aliphatic rings. The molecule has 0 radical (unpaired) electrons. The molecule has 5 nitrogen and oxygen atoms in total. The molecule has 0 saturated heterocycles. The molecule has 2 aromatic carbocycles. The van der Waals surface area contributed by atoms with E-state index in [0.717, 1.165) is 26.6 Å². The number of imidazole rings is 1. The van der Waals surface area contributed by atoms with E-state index in [1.807, 2.05) is 51.1 Å². The van der Waals surface area contributed by atoms with Gasteiger partial charge in [0.2, 0.25) is 0 Å². The minimum absolute atomic E-state index is 0.431. The summed E-state index contributed by atoms with van der Waals surface area (Å²) >= 11 is 3.52. The van der Waals surface area contributed by atoms with Crippen molar-refractivity contribution in [3.63, 3.8) is 0 Å². The summed E-state index contributed by atoms with van der Waals surface area (Å²) < 4.78 is 12.2. The zero-order valence-electron chi connectivity index (χ0n) is 15.5. The van der Waals surface area contributed by atoms with Crippen molar-refractivity contribution in [2.24, 2.45) is 0 Å². The van der Waals surface area contributed by atoms with Gasteiger partial charge in [-0.1, -0.05) is 6.07 Å². The summed E-state index contributed by atoms with van der Waals surface area (Å²) in [6.07, 6.45) is 1.77. The Morgan fingerprint density at radius 2 is 1.93 bits per heavy atom. The van der Waals surface area contributed by atoms with Gasteiger partial charge in [-0.05, 0) is 66.5 Å². The van der Waals surface area contributed by atoms with Crippen molar-refractivity contribution in [2.45, 2.75) is 20.8 Å². The lowest BCUT2D eigenvalue weighted by Crippen LogP contribution is -1.98. The fourth-order valence-electron chi connectivity index (χ4n) is 2.77. The molecule has 27 heavy (non-hydrogen) atoms. The Kier molecular flexibility index (Phi) is 5.82. The number of nitrogens with one attached hydrogen (secondary N) is 1. The van der Waals surface area contributed by atoms with Gasteiger partial charge in [0.05, 0.1) is 34.3 Å². The first-order chi connectivity index (χ1) is 13.0. The number of H-pyrrole nitrogens is 1. The Morgan fingerprint density at radius 3 is 2.63 bits per heavy atom. The first-order valence-corrected chi connectivity index (χ1v) is 9.52. The van der Waals surface area contributed by atoms with Gasteiger partial charge in [-0.15, -0.1) is 0 Å². The molecule has 0 saturated carbocycles. The maximum Gasteiger partial charge on any atom is 0.149 e. The summed E-state index contributed by atoms with van der Waals surface area (Å²) in [7, 11) is 0. The normalized spacial score (nSPS) is 11.4. The number of allylic oxidation sites excluding steroid dienone is 1. The number of hydrogen-bond acceptors (Lipinski definition) is 4. The molecular weight excluding hydrogens is 406 g/mol. The molecule has 3 rings (SSSR count). The van der Waals surface area contributed by atoms with Crippen LogP contribution in [-0.4, -0.2) is 23.2 Å². The number of ether oxygens (including phenoxy) is 2. The molecule has 0 unspecified atom stereocenters. The first-order valence-electron chi connectivity index (χ1n) is 8.73. The number of aromatic amines is 1. The molecular formula is C21H20BrN3O2. The Bertz CT molecular complexity index is 1050. The minimum Gasteiger partial charge on any atom is -0.493 e. The Morgan fingerprint density at radius 1 is 1.19 bits per heavy atom. The van der Waals surface area contributed by atoms with Crippen LogP contribution in [0.1, 0.15) is 30.8 Å². The maximum atomic E-state index is 9.69. The van der Waals surface area contributed by atoms with Crippen molar-refractivity contribution in [1.82, 2.24) is 9.97 Å². The van der Waals surface area contributed by atoms with Crippen LogP contribution in [0, 0.1) is 18.3 Å². The highest BCUT2D eigenvalue weighted by Gasteiger charge is 2.13. The number of halogens is 1. The van der Waals surface area contributed by atoms with Crippen molar-refractivity contribution in [3.8, 4) is 17.6 Å². The lowest BCUT2D eigenvalue weighted by Gasteiger charge is -2.12. The smallest absolute Gasteiger partial charge is 0.149 e. The van der Waals surface area contributed by atoms with Crippen LogP contribution in [0.3, 0.4) is 0 Å². The standard InChI is InChI=1S/C21H20BrN3O2/c1-4-26-19-11-20(27-5-2)16(22)10-14(19)9-15(12-23)21-24-17-7-6-13(3)8-18(17)25-21/h6-11H,4-5H2,1-3H3,(H,24,25). The fraction of sp³-hybridized carbons (Fsp3) is 0.238. The van der Waals surface area contributed by atoms with Crippen molar-refractivity contribution in [2.75, 3.05) is 13.2 Å². The third-order valence-electron chi connectivity index (χ3n) is 3.98. The molecule has 0 spiro atoms. The molecule has 3 aromatic rings. The third kappa shape index (κ3) is 4.15. The zero-order valence-corrected chi connectivity index (χ0v) is 17.1. The highest BCUT2D eigenvalue weighted by atomic mass is 79.9. The molecule has 6 heteroatoms. The van der Waals surface area contributed by atoms with E-state index in [1.54, 1.807) is 6.08 Å². The number of nitriles is 1. The van der Waals surface area contributed by atoms with Gasteiger partial charge < -0.3 is 14.5 Å². The summed E-state index contributed by atoms with van der Waals surface area (Å²) in [6, 6.07) is 11.9. The lowest BCUT2D eigenvalue weighted by molar-refractivity contribution is 0.321. The van der Waals surface area contributed by atoms with Crippen molar-refractivity contribution >= 4 is 38.6 Å². The number of aromatic nitrogens is 2. The zero-order chi connectivity index (χ0) is 19.4. The van der Waals surface area contributed by atoms with Gasteiger partial charge in [-0.25, -0.2) is 4.98 Å². The Labute approximate surface area is 166 Å². The predicted octanol–water partition coefficient (Wildman–Crippen LogP) is 5.50. The van der Waals surface area contributed by atoms with Crippen molar-refractivity contribution < 1.29 is 9.47 Å². The molecule has 1 N–H and O–H groups in total. The lowest BCUT2D eigenvalue weighted by atomic mass is 10.1. The van der Waals surface area contributed by atoms with Gasteiger partial charge in [-0.3, -0.25) is 0 Å². The van der Waals surface area contributed by atoms with E-state index < -0.39 is 0 Å². The summed E-state index contributed by atoms with van der Waals surface area (Å²) in [4.78, 5) is 7.77. The van der Waals surface area contributed by atoms with Crippen molar-refractivity contribution in [1.29, 1.82) is 5.26 Å². The van der Waals surface area contributed by atoms with E-state index in [1.165, 1.54) is 0 Å². The van der Waals surface area contributed by atoms with Gasteiger partial charge in [-0.2, -0.15) is 5.26 Å². The number of aryl methyl sites for hydroxylation is 1. The predicted molar refractivity (Wildman–Crippen MR) is 111 cm³/mol. The van der Waals surface area contributed by atoms with E-state index in [4.69, 9.17) is 9.47 Å². The number of rotatable bonds is 6. The van der Waals surface area contributed by atoms with Crippen LogP contribution in [0.2, 0.25) is 0 Å². The highest BCUT2D eigenvalue weighted by molar-refractivity contribution is 9.10. The summed E-state index contributed by atoms with van der Waals surface area (Å²) in [5, 5.41) is 9.69. The molecule has 138 valence electrons. The minimum atomic E-state index is 0.431. The SMILES string of the molecule is CCOc1cc(OCC)c(C=C(C#N)c2nc3ccc(C)cc3[nH]2)cc1Br. The molecule has 0 amide bonds. The quantitative estimate of drug-likeness (QED) is 0.529. The van der Waals surface area contributed by atoms with Crippen LogP contribution >= 0.6 is 15.9 Å². The number of fused-ring (bicyclic) bond motifs is 1. The summed E-state index contributed by atoms with van der Waals surface area (Å²) in [5.41, 5.74) is 4.08. The molecule has 1 heterocycles. The van der Waals surface area contributed by atoms with Crippen LogP contribution in [0.25, 0.3) is 22.7 Å². The van der Waals surface area contributed by atoms with Crippen LogP contribution in [-0.2, 0) is 0 Å². The van der Waals surface area contributed by atoms with E-state index in [-0.39, 0.29) is 0 Å². The monoisotopic (exact) mass is 425 g/mol. The van der Waals surface area contributed by atoms with Crippen LogP contribution in [0.4, 0.5) is 0 Å². The van der Waals surface area contributed by atoms with Gasteiger partial charge in [0.1, 0.15) is 23.4 Å². The maximum absolute atomic E-state index is 9.69. The average Bonchev–Trinajstić information content (AvgIpc) is 3.06. The van der Waals surface area contributed by atoms with Gasteiger partial charge in [0, 0.05) is 11.6 Å². The van der Waals surface area contributed by atoms with E-state index in [2.05, 4.69) is 32.0 Å². The fourth-order valence-corrected chi connectivity index (χ4v) is 3.25. The highest BCUT2D eigenvalue weighted by Crippen LogP contribution is 2.35. The topological polar surface area (TPSA) is 70.9 Å². The molecule has 0 aliphatic carbocycles. The van der Waals surface area contributed by atoms with Crippen molar-refractivity contribution in [3.05, 3.63) is 51.8 Å². The second-order valence-electron chi connectivity index (χ2n) is 5.96. The third-order valence-corrected chi connectivity index (χ3v) is 4.60. The van der Waals surface area contributed by atoms with E-state index in [0.29, 0.717) is 36.1 Å².